The maximum Gasteiger partial charge on any atom is 1.00 e. The fourth-order valence-corrected chi connectivity index (χ4v) is 2.75. The van der Waals surface area contributed by atoms with E-state index in [1.165, 1.54) is 18.2 Å². The van der Waals surface area contributed by atoms with E-state index in [2.05, 4.69) is 0 Å². The van der Waals surface area contributed by atoms with Gasteiger partial charge in [0.05, 0.1) is 10.5 Å². The molecule has 0 aliphatic carbocycles. The van der Waals surface area contributed by atoms with Crippen molar-refractivity contribution in [3.63, 3.8) is 0 Å². The number of hydrogen-bond acceptors (Lipinski definition) is 5. The van der Waals surface area contributed by atoms with Crippen LogP contribution in [0.4, 0.5) is 0 Å². The predicted molar refractivity (Wildman–Crippen MR) is 72.4 cm³/mol. The van der Waals surface area contributed by atoms with Crippen LogP contribution in [0.25, 0.3) is 0 Å². The largest absolute Gasteiger partial charge is 1.00 e. The molecule has 0 amide bonds. The first-order chi connectivity index (χ1) is 8.55. The third-order valence-corrected chi connectivity index (χ3v) is 7.51. The zero-order valence-corrected chi connectivity index (χ0v) is 14.2. The Labute approximate surface area is 132 Å². The Morgan fingerprint density at radius 1 is 1.25 bits per heavy atom. The van der Waals surface area contributed by atoms with Crippen molar-refractivity contribution in [3.05, 3.63) is 29.8 Å². The first kappa shape index (κ1) is 19.4. The number of hydrogen-bond donors (Lipinski definition) is 0. The number of carbonyl (C=O) groups excluding carboxylic acids is 1. The average molecular weight is 308 g/mol. The normalized spacial score (nSPS) is 11.9. The van der Waals surface area contributed by atoms with E-state index < -0.39 is 29.3 Å². The van der Waals surface area contributed by atoms with Gasteiger partial charge in [0.15, 0.2) is 0 Å². The summed E-state index contributed by atoms with van der Waals surface area (Å²) in [5.41, 5.74) is -0.00815. The minimum atomic E-state index is -4.69. The summed E-state index contributed by atoms with van der Waals surface area (Å²) in [7, 11) is -6.94. The third kappa shape index (κ3) is 4.75. The molecule has 0 bridgehead atoms. The van der Waals surface area contributed by atoms with Crippen molar-refractivity contribution in [2.45, 2.75) is 37.4 Å². The fraction of sp³-hybridized carbons (Fsp3) is 0.417. The van der Waals surface area contributed by atoms with Crippen molar-refractivity contribution in [2.75, 3.05) is 0 Å². The van der Waals surface area contributed by atoms with E-state index in [1.807, 2.05) is 26.9 Å². The first-order valence-electron chi connectivity index (χ1n) is 5.84. The van der Waals surface area contributed by atoms with Gasteiger partial charge in [-0.3, -0.25) is 0 Å². The summed E-state index contributed by atoms with van der Waals surface area (Å²) in [6, 6.07) is 5.29. The van der Waals surface area contributed by atoms with E-state index in [0.29, 0.717) is 0 Å². The van der Waals surface area contributed by atoms with Crippen LogP contribution in [0, 0.1) is 0 Å². The van der Waals surface area contributed by atoms with Gasteiger partial charge in [0.25, 0.3) is 8.32 Å². The van der Waals surface area contributed by atoms with Gasteiger partial charge >= 0.3 is 24.8 Å². The Hall–Kier alpha value is -0.586. The number of carbonyl (C=O) groups is 1. The molecule has 0 saturated heterocycles. The van der Waals surface area contributed by atoms with Gasteiger partial charge in [-0.2, -0.15) is 0 Å². The number of rotatable bonds is 4. The van der Waals surface area contributed by atoms with Gasteiger partial charge in [-0.25, -0.2) is 13.2 Å². The molecule has 0 aliphatic heterocycles. The summed E-state index contributed by atoms with van der Waals surface area (Å²) >= 11 is 0. The second kappa shape index (κ2) is 6.92. The van der Waals surface area contributed by atoms with E-state index >= 15 is 0 Å². The predicted octanol–water partition coefficient (Wildman–Crippen LogP) is -0.633. The van der Waals surface area contributed by atoms with Crippen molar-refractivity contribution < 1.29 is 41.1 Å². The minimum absolute atomic E-state index is 0. The van der Waals surface area contributed by atoms with Crippen molar-refractivity contribution in [1.29, 1.82) is 0 Å². The standard InChI is InChI=1S/C12H18O5SSi.Li/c1-9(2)19(3,4)17-12(13)10-7-5-6-8-11(10)18(14,15)16;/h5-9H,1-4H3,(H,14,15,16);/q;+1/p-1. The van der Waals surface area contributed by atoms with Crippen LogP contribution in [-0.4, -0.2) is 27.3 Å². The molecule has 0 aliphatic rings. The van der Waals surface area contributed by atoms with Crippen molar-refractivity contribution >= 4 is 24.4 Å². The van der Waals surface area contributed by atoms with Gasteiger partial charge in [0, 0.05) is 0 Å². The van der Waals surface area contributed by atoms with E-state index in [4.69, 9.17) is 4.43 Å². The summed E-state index contributed by atoms with van der Waals surface area (Å²) in [4.78, 5) is 11.5. The molecule has 0 atom stereocenters. The second-order valence-electron chi connectivity index (χ2n) is 5.10. The van der Waals surface area contributed by atoms with Crippen LogP contribution in [-0.2, 0) is 14.5 Å². The Morgan fingerprint density at radius 3 is 2.20 bits per heavy atom. The first-order valence-corrected chi connectivity index (χ1v) is 10.2. The van der Waals surface area contributed by atoms with Gasteiger partial charge in [0.2, 0.25) is 0 Å². The second-order valence-corrected chi connectivity index (χ2v) is 11.0. The van der Waals surface area contributed by atoms with Gasteiger partial charge < -0.3 is 8.98 Å². The Bertz CT molecular complexity index is 583. The molecule has 0 unspecified atom stereocenters. The number of benzene rings is 1. The monoisotopic (exact) mass is 308 g/mol. The van der Waals surface area contributed by atoms with E-state index in [0.717, 1.165) is 6.07 Å². The fourth-order valence-electron chi connectivity index (χ4n) is 1.27. The van der Waals surface area contributed by atoms with Gasteiger partial charge in [-0.15, -0.1) is 0 Å². The molecular weight excluding hydrogens is 291 g/mol. The molecule has 20 heavy (non-hydrogen) atoms. The van der Waals surface area contributed by atoms with Gasteiger partial charge in [0.1, 0.15) is 10.1 Å². The molecule has 0 aromatic heterocycles. The molecule has 0 spiro atoms. The third-order valence-electron chi connectivity index (χ3n) is 3.12. The SMILES string of the molecule is CC(C)[Si](C)(C)OC(=O)c1ccccc1S(=O)(=O)[O-].[Li+]. The Morgan fingerprint density at radius 2 is 1.75 bits per heavy atom. The molecule has 5 nitrogen and oxygen atoms in total. The molecule has 0 saturated carbocycles. The topological polar surface area (TPSA) is 83.5 Å². The molecule has 1 aromatic carbocycles. The molecule has 0 heterocycles. The zero-order valence-electron chi connectivity index (χ0n) is 12.3. The van der Waals surface area contributed by atoms with Crippen molar-refractivity contribution in [2.24, 2.45) is 0 Å². The van der Waals surface area contributed by atoms with Crippen molar-refractivity contribution in [3.8, 4) is 0 Å². The van der Waals surface area contributed by atoms with Crippen LogP contribution >= 0.6 is 0 Å². The van der Waals surface area contributed by atoms with Crippen LogP contribution in [0.15, 0.2) is 29.2 Å². The van der Waals surface area contributed by atoms with E-state index in [9.17, 15) is 17.8 Å². The summed E-state index contributed by atoms with van der Waals surface area (Å²) in [5.74, 6) is -0.750. The van der Waals surface area contributed by atoms with Crippen LogP contribution < -0.4 is 18.9 Å². The van der Waals surface area contributed by atoms with E-state index in [-0.39, 0.29) is 30.0 Å². The Balaban J connectivity index is 0.00000361. The van der Waals surface area contributed by atoms with Crippen LogP contribution in [0.1, 0.15) is 24.2 Å². The molecule has 0 radical (unpaired) electrons. The van der Waals surface area contributed by atoms with Crippen LogP contribution in [0.2, 0.25) is 18.6 Å². The minimum Gasteiger partial charge on any atom is -0.744 e. The van der Waals surface area contributed by atoms with Crippen LogP contribution in [0.5, 0.6) is 0 Å². The summed E-state index contributed by atoms with van der Waals surface area (Å²) in [6.07, 6.45) is 0. The van der Waals surface area contributed by atoms with Crippen LogP contribution in [0.3, 0.4) is 0 Å². The maximum atomic E-state index is 12.0. The summed E-state index contributed by atoms with van der Waals surface area (Å²) in [6.45, 7) is 7.61. The molecule has 0 fully saturated rings. The molecular formula is C12H17LiO5SSi. The molecule has 1 rings (SSSR count). The Kier molecular flexibility index (Phi) is 6.71. The quantitative estimate of drug-likeness (QED) is 0.546. The molecule has 0 N–H and O–H groups in total. The smallest absolute Gasteiger partial charge is 0.744 e. The summed E-state index contributed by atoms with van der Waals surface area (Å²) < 4.78 is 38.7. The van der Waals surface area contributed by atoms with Gasteiger partial charge in [-0.05, 0) is 30.8 Å². The molecule has 106 valence electrons. The van der Waals surface area contributed by atoms with E-state index in [1.54, 1.807) is 0 Å². The molecule has 8 heteroatoms. The van der Waals surface area contributed by atoms with Gasteiger partial charge in [-0.1, -0.05) is 26.0 Å². The van der Waals surface area contributed by atoms with Crippen molar-refractivity contribution in [1.82, 2.24) is 0 Å². The zero-order chi connectivity index (χ0) is 14.8. The summed E-state index contributed by atoms with van der Waals surface area (Å²) in [5, 5.41) is 0. The average Bonchev–Trinajstić information content (AvgIpc) is 2.27. The molecule has 1 aromatic rings. The maximum absolute atomic E-state index is 12.0.